The van der Waals surface area contributed by atoms with E-state index in [0.717, 1.165) is 6.42 Å². The topological polar surface area (TPSA) is 26.0 Å². The van der Waals surface area contributed by atoms with Crippen molar-refractivity contribution in [3.8, 4) is 0 Å². The molecule has 92 valence electrons. The van der Waals surface area contributed by atoms with Gasteiger partial charge < -0.3 is 5.73 Å². The largest absolute Gasteiger partial charge is 0.333 e. The van der Waals surface area contributed by atoms with Crippen molar-refractivity contribution >= 4 is 5.57 Å². The van der Waals surface area contributed by atoms with Crippen LogP contribution in [0.5, 0.6) is 0 Å². The van der Waals surface area contributed by atoms with E-state index >= 15 is 0 Å². The zero-order valence-corrected chi connectivity index (χ0v) is 11.1. The van der Waals surface area contributed by atoms with Crippen LogP contribution in [0.2, 0.25) is 0 Å². The lowest BCUT2D eigenvalue weighted by Crippen LogP contribution is -2.12. The van der Waals surface area contributed by atoms with Gasteiger partial charge in [-0.25, -0.2) is 0 Å². The van der Waals surface area contributed by atoms with E-state index in [1.54, 1.807) is 0 Å². The van der Waals surface area contributed by atoms with E-state index in [4.69, 9.17) is 0 Å². The summed E-state index contributed by atoms with van der Waals surface area (Å²) in [4.78, 5) is 0. The lowest BCUT2D eigenvalue weighted by molar-refractivity contribution is 0.415. The zero-order chi connectivity index (χ0) is 12.7. The number of hydrogen-bond acceptors (Lipinski definition) is 1. The Hall–Kier alpha value is -1.34. The molecule has 1 nitrogen and oxygen atoms in total. The summed E-state index contributed by atoms with van der Waals surface area (Å²) in [6, 6.07) is 10.6. The first-order valence-corrected chi connectivity index (χ1v) is 6.26. The van der Waals surface area contributed by atoms with E-state index < -0.39 is 0 Å². The van der Waals surface area contributed by atoms with Crippen LogP contribution >= 0.6 is 0 Å². The molecule has 1 atom stereocenters. The third-order valence-electron chi connectivity index (χ3n) is 3.37. The molecule has 0 bridgehead atoms. The van der Waals surface area contributed by atoms with Crippen LogP contribution in [0.15, 0.2) is 48.6 Å². The van der Waals surface area contributed by atoms with Crippen molar-refractivity contribution in [3.63, 3.8) is 0 Å². The molecule has 1 aliphatic carbocycles. The molecule has 1 aromatic carbocycles. The Morgan fingerprint density at radius 3 is 2.29 bits per heavy atom. The van der Waals surface area contributed by atoms with E-state index in [1.807, 2.05) is 0 Å². The summed E-state index contributed by atoms with van der Waals surface area (Å²) >= 11 is 0. The number of allylic oxidation sites excluding steroid dienone is 4. The third kappa shape index (κ3) is 3.57. The maximum atomic E-state index is 4.50. The molecule has 1 unspecified atom stereocenters. The smallest absolute Gasteiger partial charge is 0.0111 e. The Balaban J connectivity index is 0.000000686. The van der Waals surface area contributed by atoms with Gasteiger partial charge in [-0.05, 0) is 36.4 Å². The Bertz CT molecular complexity index is 389. The van der Waals surface area contributed by atoms with Crippen LogP contribution in [0.1, 0.15) is 32.3 Å². The van der Waals surface area contributed by atoms with E-state index in [0.29, 0.717) is 5.41 Å². The van der Waals surface area contributed by atoms with Gasteiger partial charge in [0, 0.05) is 0 Å². The predicted molar refractivity (Wildman–Crippen MR) is 76.7 cm³/mol. The first kappa shape index (κ1) is 13.7. The molecule has 0 heterocycles. The molecule has 0 spiro atoms. The van der Waals surface area contributed by atoms with Crippen LogP contribution in [0, 0.1) is 5.41 Å². The van der Waals surface area contributed by atoms with Crippen molar-refractivity contribution in [1.29, 1.82) is 0 Å². The molecule has 0 aromatic heterocycles. The van der Waals surface area contributed by atoms with Crippen LogP contribution in [0.25, 0.3) is 5.57 Å². The summed E-state index contributed by atoms with van der Waals surface area (Å²) in [5.41, 5.74) is 7.56. The van der Waals surface area contributed by atoms with E-state index in [1.165, 1.54) is 24.6 Å². The number of nitrogens with two attached hydrogens (primary N) is 1. The third-order valence-corrected chi connectivity index (χ3v) is 3.37. The van der Waals surface area contributed by atoms with Crippen LogP contribution in [-0.2, 0) is 0 Å². The molecule has 1 aromatic rings. The fraction of sp³-hybridized carbons (Fsp3) is 0.375. The van der Waals surface area contributed by atoms with Crippen LogP contribution in [-0.4, -0.2) is 7.05 Å². The SMILES string of the molecule is CCC1(C)C=CC(c2ccccc2)=CC1.CN. The van der Waals surface area contributed by atoms with Gasteiger partial charge in [-0.1, -0.05) is 62.4 Å². The Morgan fingerprint density at radius 2 is 1.82 bits per heavy atom. The van der Waals surface area contributed by atoms with Gasteiger partial charge in [-0.3, -0.25) is 0 Å². The van der Waals surface area contributed by atoms with Crippen molar-refractivity contribution in [2.45, 2.75) is 26.7 Å². The second-order valence-corrected chi connectivity index (χ2v) is 4.57. The highest BCUT2D eigenvalue weighted by atomic mass is 14.4. The minimum absolute atomic E-state index is 0.373. The van der Waals surface area contributed by atoms with Crippen molar-refractivity contribution in [2.24, 2.45) is 11.1 Å². The number of hydrogen-bond donors (Lipinski definition) is 1. The van der Waals surface area contributed by atoms with Crippen LogP contribution in [0.4, 0.5) is 0 Å². The number of rotatable bonds is 2. The molecule has 1 heteroatoms. The van der Waals surface area contributed by atoms with Gasteiger partial charge in [0.05, 0.1) is 0 Å². The Labute approximate surface area is 105 Å². The molecule has 0 aliphatic heterocycles. The average molecular weight is 229 g/mol. The maximum Gasteiger partial charge on any atom is -0.0111 e. The van der Waals surface area contributed by atoms with Gasteiger partial charge in [-0.2, -0.15) is 0 Å². The van der Waals surface area contributed by atoms with E-state index in [-0.39, 0.29) is 0 Å². The van der Waals surface area contributed by atoms with E-state index in [9.17, 15) is 0 Å². The normalized spacial score (nSPS) is 22.5. The minimum Gasteiger partial charge on any atom is -0.333 e. The highest BCUT2D eigenvalue weighted by molar-refractivity contribution is 5.75. The average Bonchev–Trinajstić information content (AvgIpc) is 2.43. The standard InChI is InChI=1S/C15H18.CH5N/c1-3-15(2)11-9-14(10-12-15)13-7-5-4-6-8-13;1-2/h4-11H,3,12H2,1-2H3;2H2,1H3. The van der Waals surface area contributed by atoms with Gasteiger partial charge in [-0.15, -0.1) is 0 Å². The fourth-order valence-electron chi connectivity index (χ4n) is 1.88. The molecule has 0 amide bonds. The highest BCUT2D eigenvalue weighted by Gasteiger charge is 2.20. The molecule has 0 saturated heterocycles. The van der Waals surface area contributed by atoms with Gasteiger partial charge in [0.1, 0.15) is 0 Å². The van der Waals surface area contributed by atoms with Gasteiger partial charge in [0.2, 0.25) is 0 Å². The summed E-state index contributed by atoms with van der Waals surface area (Å²) in [5.74, 6) is 0. The Kier molecular flexibility index (Phi) is 5.17. The summed E-state index contributed by atoms with van der Waals surface area (Å²) < 4.78 is 0. The van der Waals surface area contributed by atoms with Crippen molar-refractivity contribution < 1.29 is 0 Å². The predicted octanol–water partition coefficient (Wildman–Crippen LogP) is 4.02. The maximum absolute atomic E-state index is 4.50. The molecule has 2 N–H and O–H groups in total. The van der Waals surface area contributed by atoms with Gasteiger partial charge >= 0.3 is 0 Å². The second-order valence-electron chi connectivity index (χ2n) is 4.57. The molecule has 0 saturated carbocycles. The summed E-state index contributed by atoms with van der Waals surface area (Å²) in [5, 5.41) is 0. The quantitative estimate of drug-likeness (QED) is 0.814. The van der Waals surface area contributed by atoms with Gasteiger partial charge in [0.25, 0.3) is 0 Å². The summed E-state index contributed by atoms with van der Waals surface area (Å²) in [6.07, 6.45) is 9.35. The lowest BCUT2D eigenvalue weighted by Gasteiger charge is -2.26. The monoisotopic (exact) mass is 229 g/mol. The van der Waals surface area contributed by atoms with Crippen molar-refractivity contribution in [3.05, 3.63) is 54.1 Å². The van der Waals surface area contributed by atoms with Crippen molar-refractivity contribution in [2.75, 3.05) is 7.05 Å². The Morgan fingerprint density at radius 1 is 1.18 bits per heavy atom. The van der Waals surface area contributed by atoms with E-state index in [2.05, 4.69) is 68.1 Å². The van der Waals surface area contributed by atoms with Crippen LogP contribution in [0.3, 0.4) is 0 Å². The molecule has 0 radical (unpaired) electrons. The first-order chi connectivity index (χ1) is 8.23. The van der Waals surface area contributed by atoms with Gasteiger partial charge in [0.15, 0.2) is 0 Å². The number of benzene rings is 1. The molecule has 1 aliphatic rings. The second kappa shape index (κ2) is 6.41. The van der Waals surface area contributed by atoms with Crippen LogP contribution < -0.4 is 5.73 Å². The molecule has 2 rings (SSSR count). The van der Waals surface area contributed by atoms with Crippen molar-refractivity contribution in [1.82, 2.24) is 0 Å². The lowest BCUT2D eigenvalue weighted by atomic mass is 9.79. The first-order valence-electron chi connectivity index (χ1n) is 6.26. The zero-order valence-electron chi connectivity index (χ0n) is 11.1. The minimum atomic E-state index is 0.373. The molecular weight excluding hydrogens is 206 g/mol. The summed E-state index contributed by atoms with van der Waals surface area (Å²) in [6.45, 7) is 4.58. The molecule has 0 fully saturated rings. The fourth-order valence-corrected chi connectivity index (χ4v) is 1.88. The molecular formula is C16H23N. The summed E-state index contributed by atoms with van der Waals surface area (Å²) in [7, 11) is 1.50. The highest BCUT2D eigenvalue weighted by Crippen LogP contribution is 2.34. The molecule has 17 heavy (non-hydrogen) atoms.